The molecule has 0 unspecified atom stereocenters. The minimum atomic E-state index is 0.632. The van der Waals surface area contributed by atoms with Crippen LogP contribution in [0.2, 0.25) is 0 Å². The maximum absolute atomic E-state index is 5.33. The molecular weight excluding hydrogens is 637 g/mol. The summed E-state index contributed by atoms with van der Waals surface area (Å²) in [5.41, 5.74) is 13.9. The summed E-state index contributed by atoms with van der Waals surface area (Å²) >= 11 is 0. The summed E-state index contributed by atoms with van der Waals surface area (Å²) < 4.78 is 2.28. The standard InChI is InChI=1S/C46H30N6/c1-3-14-31(15-4-1)40-29-41(32-16-5-2-6-17-32)49-45(48-40)35-26-34(33-18-13-25-47-30-33)27-36(28-35)51-42-22-10-7-19-37(42)38-20-8-11-23-43(38)52-44-24-12-9-21-39(44)50-46(51)52/h1-30H. The molecule has 4 heterocycles. The van der Waals surface area contributed by atoms with Gasteiger partial charge in [-0.1, -0.05) is 115 Å². The van der Waals surface area contributed by atoms with Gasteiger partial charge in [-0.3, -0.25) is 14.5 Å². The summed E-state index contributed by atoms with van der Waals surface area (Å²) in [6, 6.07) is 58.8. The van der Waals surface area contributed by atoms with E-state index in [1.807, 2.05) is 54.7 Å². The van der Waals surface area contributed by atoms with Crippen LogP contribution in [0.15, 0.2) is 182 Å². The first kappa shape index (κ1) is 29.7. The lowest BCUT2D eigenvalue weighted by molar-refractivity contribution is 1.05. The van der Waals surface area contributed by atoms with Crippen LogP contribution in [0.3, 0.4) is 0 Å². The molecule has 52 heavy (non-hydrogen) atoms. The fraction of sp³-hybridized carbons (Fsp3) is 0. The van der Waals surface area contributed by atoms with E-state index in [2.05, 4.69) is 136 Å². The van der Waals surface area contributed by atoms with Crippen LogP contribution in [0.5, 0.6) is 0 Å². The lowest BCUT2D eigenvalue weighted by atomic mass is 9.99. The zero-order chi connectivity index (χ0) is 34.4. The summed E-state index contributed by atoms with van der Waals surface area (Å²) in [5.74, 6) is 1.43. The van der Waals surface area contributed by atoms with Gasteiger partial charge in [0.15, 0.2) is 5.82 Å². The molecule has 244 valence electrons. The van der Waals surface area contributed by atoms with Crippen molar-refractivity contribution in [2.24, 2.45) is 0 Å². The van der Waals surface area contributed by atoms with Crippen molar-refractivity contribution >= 4 is 28.4 Å². The van der Waals surface area contributed by atoms with E-state index in [1.54, 1.807) is 6.20 Å². The molecule has 0 amide bonds. The highest BCUT2D eigenvalue weighted by atomic mass is 15.3. The van der Waals surface area contributed by atoms with Crippen LogP contribution < -0.4 is 4.90 Å². The van der Waals surface area contributed by atoms with Gasteiger partial charge in [0.25, 0.3) is 0 Å². The van der Waals surface area contributed by atoms with Crippen molar-refractivity contribution in [1.29, 1.82) is 0 Å². The maximum atomic E-state index is 5.33. The zero-order valence-corrected chi connectivity index (χ0v) is 28.0. The van der Waals surface area contributed by atoms with E-state index in [1.165, 1.54) is 0 Å². The SMILES string of the molecule is c1ccc(-c2cc(-c3ccccc3)nc(-c3cc(-c4cccnc4)cc(N4c5ccccc5-c5ccccc5-n5c4nc4ccccc45)c3)n2)cc1. The molecule has 0 spiro atoms. The molecule has 0 fully saturated rings. The Labute approximate surface area is 301 Å². The van der Waals surface area contributed by atoms with Crippen molar-refractivity contribution in [3.8, 4) is 61.8 Å². The number of hydrogen-bond donors (Lipinski definition) is 0. The van der Waals surface area contributed by atoms with Gasteiger partial charge in [-0.15, -0.1) is 0 Å². The second-order valence-electron chi connectivity index (χ2n) is 12.8. The largest absolute Gasteiger partial charge is 0.280 e. The van der Waals surface area contributed by atoms with E-state index >= 15 is 0 Å². The molecule has 3 aromatic heterocycles. The Morgan fingerprint density at radius 2 is 1.02 bits per heavy atom. The summed E-state index contributed by atoms with van der Waals surface area (Å²) in [5, 5.41) is 0. The van der Waals surface area contributed by atoms with Crippen LogP contribution in [0.1, 0.15) is 0 Å². The smallest absolute Gasteiger partial charge is 0.220 e. The molecule has 0 bridgehead atoms. The highest BCUT2D eigenvalue weighted by molar-refractivity contribution is 5.97. The van der Waals surface area contributed by atoms with Gasteiger partial charge in [-0.25, -0.2) is 15.0 Å². The van der Waals surface area contributed by atoms with Crippen LogP contribution in [-0.4, -0.2) is 24.5 Å². The molecule has 6 heteroatoms. The molecular formula is C46H30N6. The second-order valence-corrected chi connectivity index (χ2v) is 12.8. The van der Waals surface area contributed by atoms with Crippen LogP contribution in [-0.2, 0) is 0 Å². The van der Waals surface area contributed by atoms with Crippen molar-refractivity contribution in [2.45, 2.75) is 0 Å². The monoisotopic (exact) mass is 666 g/mol. The van der Waals surface area contributed by atoms with Gasteiger partial charge in [0.2, 0.25) is 5.95 Å². The van der Waals surface area contributed by atoms with Gasteiger partial charge >= 0.3 is 0 Å². The fourth-order valence-corrected chi connectivity index (χ4v) is 7.22. The number of pyridine rings is 1. The third-order valence-electron chi connectivity index (χ3n) is 9.62. The van der Waals surface area contributed by atoms with Gasteiger partial charge in [0.05, 0.1) is 39.5 Å². The van der Waals surface area contributed by atoms with Crippen molar-refractivity contribution in [2.75, 3.05) is 4.90 Å². The quantitative estimate of drug-likeness (QED) is 0.183. The number of nitrogens with zero attached hydrogens (tertiary/aromatic N) is 6. The highest BCUT2D eigenvalue weighted by Crippen LogP contribution is 2.48. The number of rotatable bonds is 5. The molecule has 0 radical (unpaired) electrons. The summed E-state index contributed by atoms with van der Waals surface area (Å²) in [7, 11) is 0. The van der Waals surface area contributed by atoms with Crippen molar-refractivity contribution in [3.63, 3.8) is 0 Å². The van der Waals surface area contributed by atoms with Gasteiger partial charge in [-0.05, 0) is 60.2 Å². The van der Waals surface area contributed by atoms with Crippen molar-refractivity contribution in [3.05, 3.63) is 182 Å². The van der Waals surface area contributed by atoms with Crippen LogP contribution in [0.4, 0.5) is 17.3 Å². The average Bonchev–Trinajstić information content (AvgIpc) is 3.55. The number of hydrogen-bond acceptors (Lipinski definition) is 5. The molecule has 0 saturated carbocycles. The third kappa shape index (κ3) is 5.05. The molecule has 9 aromatic rings. The third-order valence-corrected chi connectivity index (χ3v) is 9.62. The van der Waals surface area contributed by atoms with Gasteiger partial charge < -0.3 is 0 Å². The van der Waals surface area contributed by atoms with Gasteiger partial charge in [-0.2, -0.15) is 0 Å². The van der Waals surface area contributed by atoms with Crippen molar-refractivity contribution in [1.82, 2.24) is 24.5 Å². The number of para-hydroxylation sites is 4. The normalized spacial score (nSPS) is 11.8. The summed E-state index contributed by atoms with van der Waals surface area (Å²) in [4.78, 5) is 22.6. The highest BCUT2D eigenvalue weighted by Gasteiger charge is 2.29. The molecule has 0 aliphatic carbocycles. The van der Waals surface area contributed by atoms with Crippen molar-refractivity contribution < 1.29 is 0 Å². The molecule has 1 aliphatic rings. The molecule has 6 aromatic carbocycles. The number of aromatic nitrogens is 5. The van der Waals surface area contributed by atoms with Crippen LogP contribution in [0.25, 0.3) is 72.9 Å². The maximum Gasteiger partial charge on any atom is 0.220 e. The van der Waals surface area contributed by atoms with E-state index in [-0.39, 0.29) is 0 Å². The topological polar surface area (TPSA) is 59.7 Å². The Hall–Kier alpha value is -7.18. The Kier molecular flexibility index (Phi) is 7.03. The van der Waals surface area contributed by atoms with E-state index in [4.69, 9.17) is 15.0 Å². The van der Waals surface area contributed by atoms with Gasteiger partial charge in [0, 0.05) is 45.8 Å². The molecule has 10 rings (SSSR count). The Morgan fingerprint density at radius 3 is 1.73 bits per heavy atom. The van der Waals surface area contributed by atoms with Crippen LogP contribution >= 0.6 is 0 Å². The number of benzene rings is 6. The average molecular weight is 667 g/mol. The Morgan fingerprint density at radius 1 is 0.423 bits per heavy atom. The first-order valence-electron chi connectivity index (χ1n) is 17.3. The molecule has 0 saturated heterocycles. The number of imidazole rings is 1. The summed E-state index contributed by atoms with van der Waals surface area (Å²) in [6.45, 7) is 0. The minimum Gasteiger partial charge on any atom is -0.280 e. The Balaban J connectivity index is 1.27. The van der Waals surface area contributed by atoms with Gasteiger partial charge in [0.1, 0.15) is 0 Å². The lowest BCUT2D eigenvalue weighted by Gasteiger charge is -2.25. The van der Waals surface area contributed by atoms with Crippen LogP contribution in [0, 0.1) is 0 Å². The van der Waals surface area contributed by atoms with E-state index in [9.17, 15) is 0 Å². The first-order valence-corrected chi connectivity index (χ1v) is 17.3. The van der Waals surface area contributed by atoms with E-state index in [0.717, 1.165) is 84.4 Å². The fourth-order valence-electron chi connectivity index (χ4n) is 7.22. The lowest BCUT2D eigenvalue weighted by Crippen LogP contribution is -2.14. The predicted octanol–water partition coefficient (Wildman–Crippen LogP) is 11.3. The van der Waals surface area contributed by atoms with E-state index < -0.39 is 0 Å². The summed E-state index contributed by atoms with van der Waals surface area (Å²) in [6.07, 6.45) is 3.71. The molecule has 0 N–H and O–H groups in total. The zero-order valence-electron chi connectivity index (χ0n) is 28.0. The second kappa shape index (κ2) is 12.3. The Bertz CT molecular complexity index is 2680. The van der Waals surface area contributed by atoms with E-state index in [0.29, 0.717) is 5.82 Å². The first-order chi connectivity index (χ1) is 25.8. The predicted molar refractivity (Wildman–Crippen MR) is 210 cm³/mol. The number of anilines is 3. The molecule has 0 atom stereocenters. The molecule has 6 nitrogen and oxygen atoms in total. The molecule has 1 aliphatic heterocycles. The number of fused-ring (bicyclic) bond motifs is 7. The minimum absolute atomic E-state index is 0.632.